The molecule has 1 fully saturated rings. The molecule has 0 aromatic carbocycles. The lowest BCUT2D eigenvalue weighted by atomic mass is 9.83. The molecule has 1 heterocycles. The van der Waals surface area contributed by atoms with Crippen LogP contribution in [0.5, 0.6) is 0 Å². The number of hydrogen-bond acceptors (Lipinski definition) is 3. The molecule has 0 atom stereocenters. The standard InChI is InChI=1S/C9H11BrN2O2/c1-14-9(13)8-6(10)7(11-12-8)5-3-2-4-5/h5H,2-4H2,1H3,(H,11,12). The van der Waals surface area contributed by atoms with Crippen LogP contribution in [-0.2, 0) is 4.74 Å². The summed E-state index contributed by atoms with van der Waals surface area (Å²) in [6.45, 7) is 0. The van der Waals surface area contributed by atoms with Crippen molar-refractivity contribution in [1.29, 1.82) is 0 Å². The minimum Gasteiger partial charge on any atom is -0.464 e. The molecular formula is C9H11BrN2O2. The highest BCUT2D eigenvalue weighted by molar-refractivity contribution is 9.10. The predicted octanol–water partition coefficient (Wildman–Crippen LogP) is 2.23. The van der Waals surface area contributed by atoms with E-state index in [1.165, 1.54) is 26.4 Å². The van der Waals surface area contributed by atoms with Crippen molar-refractivity contribution in [3.8, 4) is 0 Å². The molecular weight excluding hydrogens is 248 g/mol. The fraction of sp³-hybridized carbons (Fsp3) is 0.556. The number of nitrogens with zero attached hydrogens (tertiary/aromatic N) is 1. The lowest BCUT2D eigenvalue weighted by molar-refractivity contribution is 0.0593. The Hall–Kier alpha value is -0.840. The number of aromatic nitrogens is 2. The minimum atomic E-state index is -0.404. The normalized spacial score (nSPS) is 16.4. The van der Waals surface area contributed by atoms with Crippen molar-refractivity contribution < 1.29 is 9.53 Å². The summed E-state index contributed by atoms with van der Waals surface area (Å²) in [5.74, 6) is 0.119. The molecule has 14 heavy (non-hydrogen) atoms. The summed E-state index contributed by atoms with van der Waals surface area (Å²) in [6, 6.07) is 0. The lowest BCUT2D eigenvalue weighted by Gasteiger charge is -2.24. The number of carbonyl (C=O) groups excluding carboxylic acids is 1. The number of halogens is 1. The van der Waals surface area contributed by atoms with Crippen LogP contribution in [0, 0.1) is 0 Å². The van der Waals surface area contributed by atoms with Crippen LogP contribution < -0.4 is 0 Å². The molecule has 1 N–H and O–H groups in total. The molecule has 1 aromatic rings. The van der Waals surface area contributed by atoms with Gasteiger partial charge in [0.2, 0.25) is 0 Å². The molecule has 1 aliphatic carbocycles. The molecule has 76 valence electrons. The Morgan fingerprint density at radius 2 is 2.36 bits per heavy atom. The molecule has 0 radical (unpaired) electrons. The monoisotopic (exact) mass is 258 g/mol. The quantitative estimate of drug-likeness (QED) is 0.828. The molecule has 0 aliphatic heterocycles. The highest BCUT2D eigenvalue weighted by Gasteiger charge is 2.27. The third kappa shape index (κ3) is 1.45. The van der Waals surface area contributed by atoms with E-state index in [-0.39, 0.29) is 0 Å². The zero-order chi connectivity index (χ0) is 10.1. The smallest absolute Gasteiger partial charge is 0.359 e. The van der Waals surface area contributed by atoms with Gasteiger partial charge in [-0.05, 0) is 28.8 Å². The second-order valence-electron chi connectivity index (χ2n) is 3.42. The highest BCUT2D eigenvalue weighted by Crippen LogP contribution is 2.39. The van der Waals surface area contributed by atoms with Crippen molar-refractivity contribution in [2.75, 3.05) is 7.11 Å². The fourth-order valence-electron chi connectivity index (χ4n) is 1.54. The van der Waals surface area contributed by atoms with E-state index in [1.54, 1.807) is 0 Å². The van der Waals surface area contributed by atoms with Gasteiger partial charge in [-0.25, -0.2) is 4.79 Å². The highest BCUT2D eigenvalue weighted by atomic mass is 79.9. The van der Waals surface area contributed by atoms with Crippen LogP contribution in [0.1, 0.15) is 41.4 Å². The maximum atomic E-state index is 11.2. The van der Waals surface area contributed by atoms with Gasteiger partial charge in [-0.15, -0.1) is 0 Å². The summed E-state index contributed by atoms with van der Waals surface area (Å²) in [7, 11) is 1.35. The largest absolute Gasteiger partial charge is 0.464 e. The van der Waals surface area contributed by atoms with Gasteiger partial charge in [0, 0.05) is 5.92 Å². The van der Waals surface area contributed by atoms with E-state index in [9.17, 15) is 4.79 Å². The van der Waals surface area contributed by atoms with Crippen molar-refractivity contribution >= 4 is 21.9 Å². The first-order valence-corrected chi connectivity index (χ1v) is 5.35. The number of aromatic amines is 1. The number of ether oxygens (including phenoxy) is 1. The maximum Gasteiger partial charge on any atom is 0.359 e. The Labute approximate surface area is 90.2 Å². The number of esters is 1. The van der Waals surface area contributed by atoms with Crippen LogP contribution in [0.3, 0.4) is 0 Å². The molecule has 2 rings (SSSR count). The SMILES string of the molecule is COC(=O)c1n[nH]c(C2CCC2)c1Br. The summed E-state index contributed by atoms with van der Waals surface area (Å²) in [4.78, 5) is 11.2. The number of H-pyrrole nitrogens is 1. The maximum absolute atomic E-state index is 11.2. The van der Waals surface area contributed by atoms with Gasteiger partial charge in [0.05, 0.1) is 17.3 Å². The van der Waals surface area contributed by atoms with Gasteiger partial charge in [0.25, 0.3) is 0 Å². The summed E-state index contributed by atoms with van der Waals surface area (Å²) in [6.07, 6.45) is 3.59. The van der Waals surface area contributed by atoms with Gasteiger partial charge in [0.1, 0.15) is 0 Å². The number of carbonyl (C=O) groups is 1. The Balaban J connectivity index is 2.27. The van der Waals surface area contributed by atoms with Crippen molar-refractivity contribution in [3.63, 3.8) is 0 Å². The van der Waals surface area contributed by atoms with Crippen LogP contribution in [0.25, 0.3) is 0 Å². The average Bonchev–Trinajstić information content (AvgIpc) is 2.45. The lowest BCUT2D eigenvalue weighted by Crippen LogP contribution is -2.09. The molecule has 4 nitrogen and oxygen atoms in total. The predicted molar refractivity (Wildman–Crippen MR) is 54.2 cm³/mol. The first kappa shape index (κ1) is 9.71. The van der Waals surface area contributed by atoms with Gasteiger partial charge in [-0.2, -0.15) is 5.10 Å². The van der Waals surface area contributed by atoms with Crippen LogP contribution in [0.4, 0.5) is 0 Å². The number of methoxy groups -OCH3 is 1. The van der Waals surface area contributed by atoms with E-state index in [0.29, 0.717) is 11.6 Å². The summed E-state index contributed by atoms with van der Waals surface area (Å²) in [5.41, 5.74) is 1.37. The summed E-state index contributed by atoms with van der Waals surface area (Å²) < 4.78 is 5.37. The molecule has 1 aromatic heterocycles. The third-order valence-electron chi connectivity index (χ3n) is 2.62. The third-order valence-corrected chi connectivity index (χ3v) is 3.43. The molecule has 5 heteroatoms. The first-order valence-electron chi connectivity index (χ1n) is 4.56. The van der Waals surface area contributed by atoms with Crippen LogP contribution >= 0.6 is 15.9 Å². The van der Waals surface area contributed by atoms with Gasteiger partial charge in [-0.1, -0.05) is 6.42 Å². The van der Waals surface area contributed by atoms with Crippen molar-refractivity contribution in [2.45, 2.75) is 25.2 Å². The van der Waals surface area contributed by atoms with Crippen LogP contribution in [0.2, 0.25) is 0 Å². The van der Waals surface area contributed by atoms with Gasteiger partial charge in [0.15, 0.2) is 5.69 Å². The van der Waals surface area contributed by atoms with E-state index in [2.05, 4.69) is 30.9 Å². The zero-order valence-electron chi connectivity index (χ0n) is 7.84. The molecule has 0 unspecified atom stereocenters. The fourth-order valence-corrected chi connectivity index (χ4v) is 2.20. The summed E-state index contributed by atoms with van der Waals surface area (Å²) >= 11 is 3.37. The van der Waals surface area contributed by atoms with Crippen LogP contribution in [0.15, 0.2) is 4.47 Å². The summed E-state index contributed by atoms with van der Waals surface area (Å²) in [5, 5.41) is 6.84. The second kappa shape index (κ2) is 3.73. The molecule has 0 bridgehead atoms. The van der Waals surface area contributed by atoms with E-state index >= 15 is 0 Å². The first-order chi connectivity index (χ1) is 6.74. The number of rotatable bonds is 2. The van der Waals surface area contributed by atoms with Crippen molar-refractivity contribution in [2.24, 2.45) is 0 Å². The second-order valence-corrected chi connectivity index (χ2v) is 4.21. The zero-order valence-corrected chi connectivity index (χ0v) is 9.43. The van der Waals surface area contributed by atoms with E-state index in [0.717, 1.165) is 10.2 Å². The van der Waals surface area contributed by atoms with E-state index in [1.807, 2.05) is 0 Å². The van der Waals surface area contributed by atoms with Gasteiger partial charge in [-0.3, -0.25) is 5.10 Å². The van der Waals surface area contributed by atoms with Crippen molar-refractivity contribution in [1.82, 2.24) is 10.2 Å². The van der Waals surface area contributed by atoms with E-state index < -0.39 is 5.97 Å². The Morgan fingerprint density at radius 1 is 1.64 bits per heavy atom. The molecule has 0 amide bonds. The Morgan fingerprint density at radius 3 is 2.86 bits per heavy atom. The molecule has 0 saturated heterocycles. The van der Waals surface area contributed by atoms with Gasteiger partial charge < -0.3 is 4.74 Å². The average molecular weight is 259 g/mol. The Bertz CT molecular complexity index is 358. The van der Waals surface area contributed by atoms with E-state index in [4.69, 9.17) is 0 Å². The topological polar surface area (TPSA) is 55.0 Å². The molecule has 1 aliphatic rings. The Kier molecular flexibility index (Phi) is 2.58. The van der Waals surface area contributed by atoms with Crippen LogP contribution in [-0.4, -0.2) is 23.3 Å². The number of hydrogen-bond donors (Lipinski definition) is 1. The van der Waals surface area contributed by atoms with Crippen molar-refractivity contribution in [3.05, 3.63) is 15.9 Å². The van der Waals surface area contributed by atoms with Gasteiger partial charge >= 0.3 is 5.97 Å². The molecule has 0 spiro atoms. The minimum absolute atomic E-state index is 0.342. The molecule has 1 saturated carbocycles. The number of nitrogens with one attached hydrogen (secondary N) is 1.